The molecule has 0 aliphatic carbocycles. The molecule has 2 nitrogen and oxygen atoms in total. The molecule has 0 saturated carbocycles. The fraction of sp³-hybridized carbons (Fsp3) is 0.0909. The lowest BCUT2D eigenvalue weighted by atomic mass is 9.45. The summed E-state index contributed by atoms with van der Waals surface area (Å²) >= 11 is 0. The van der Waals surface area contributed by atoms with Gasteiger partial charge < -0.3 is 8.90 Å². The van der Waals surface area contributed by atoms with Crippen LogP contribution in [0.1, 0.15) is 16.7 Å². The molecular formula is C33H24BNO. The van der Waals surface area contributed by atoms with Gasteiger partial charge in [0.2, 0.25) is 0 Å². The predicted octanol–water partition coefficient (Wildman–Crippen LogP) is 7.25. The normalized spacial score (nSPS) is 12.8. The van der Waals surface area contributed by atoms with Crippen molar-refractivity contribution in [2.45, 2.75) is 20.8 Å². The van der Waals surface area contributed by atoms with Crippen molar-refractivity contribution in [2.24, 2.45) is 0 Å². The predicted molar refractivity (Wildman–Crippen MR) is 153 cm³/mol. The van der Waals surface area contributed by atoms with E-state index in [0.717, 1.165) is 11.2 Å². The fourth-order valence-electron chi connectivity index (χ4n) is 6.88. The Hall–Kier alpha value is -4.24. The SMILES string of the molecule is Cc1cc(C)c(B2c3ccc4c(oc5ccccc54)c3-c3cccc4c5ccccc5n2c34)c(C)c1. The van der Waals surface area contributed by atoms with Crippen LogP contribution in [0.4, 0.5) is 0 Å². The van der Waals surface area contributed by atoms with E-state index in [-0.39, 0.29) is 6.85 Å². The summed E-state index contributed by atoms with van der Waals surface area (Å²) in [5.74, 6) is 0. The monoisotopic (exact) mass is 461 g/mol. The highest BCUT2D eigenvalue weighted by Crippen LogP contribution is 2.43. The second kappa shape index (κ2) is 6.92. The van der Waals surface area contributed by atoms with Crippen molar-refractivity contribution >= 4 is 61.5 Å². The molecule has 7 aromatic rings. The Bertz CT molecular complexity index is 2020. The number of rotatable bonds is 1. The molecule has 3 heteroatoms. The molecule has 1 aliphatic heterocycles. The Morgan fingerprint density at radius 1 is 0.667 bits per heavy atom. The molecular weight excluding hydrogens is 437 g/mol. The molecule has 0 saturated heterocycles. The molecule has 2 aromatic heterocycles. The molecule has 0 spiro atoms. The van der Waals surface area contributed by atoms with Gasteiger partial charge in [-0.05, 0) is 43.8 Å². The molecule has 0 radical (unpaired) electrons. The van der Waals surface area contributed by atoms with E-state index in [1.807, 2.05) is 0 Å². The van der Waals surface area contributed by atoms with Gasteiger partial charge in [-0.3, -0.25) is 0 Å². The molecule has 0 fully saturated rings. The molecule has 3 heterocycles. The van der Waals surface area contributed by atoms with Gasteiger partial charge in [-0.2, -0.15) is 0 Å². The lowest BCUT2D eigenvalue weighted by molar-refractivity contribution is 0.670. The van der Waals surface area contributed by atoms with E-state index in [1.54, 1.807) is 0 Å². The van der Waals surface area contributed by atoms with Crippen LogP contribution in [0.25, 0.3) is 54.9 Å². The fourth-order valence-corrected chi connectivity index (χ4v) is 6.88. The first-order valence-corrected chi connectivity index (χ1v) is 12.7. The lowest BCUT2D eigenvalue weighted by Gasteiger charge is -2.29. The Kier molecular flexibility index (Phi) is 3.85. The summed E-state index contributed by atoms with van der Waals surface area (Å²) in [6.07, 6.45) is 0. The largest absolute Gasteiger partial charge is 0.455 e. The number of aromatic nitrogens is 1. The first kappa shape index (κ1) is 20.0. The minimum Gasteiger partial charge on any atom is -0.455 e. The third-order valence-corrected chi connectivity index (χ3v) is 8.14. The first-order chi connectivity index (χ1) is 17.6. The maximum absolute atomic E-state index is 6.63. The van der Waals surface area contributed by atoms with Crippen molar-refractivity contribution in [3.63, 3.8) is 0 Å². The van der Waals surface area contributed by atoms with Crippen LogP contribution in [-0.2, 0) is 0 Å². The van der Waals surface area contributed by atoms with E-state index in [4.69, 9.17) is 4.42 Å². The van der Waals surface area contributed by atoms with Crippen LogP contribution in [-0.4, -0.2) is 11.3 Å². The van der Waals surface area contributed by atoms with Gasteiger partial charge in [0.25, 0.3) is 0 Å². The van der Waals surface area contributed by atoms with Crippen LogP contribution in [0, 0.1) is 20.8 Å². The third kappa shape index (κ3) is 2.43. The van der Waals surface area contributed by atoms with Gasteiger partial charge in [-0.15, -0.1) is 0 Å². The van der Waals surface area contributed by atoms with Crippen LogP contribution in [0.5, 0.6) is 0 Å². The molecule has 0 unspecified atom stereocenters. The van der Waals surface area contributed by atoms with Crippen LogP contribution < -0.4 is 10.9 Å². The average Bonchev–Trinajstić information content (AvgIpc) is 3.42. The number of fused-ring (bicyclic) bond motifs is 9. The Balaban J connectivity index is 1.63. The molecule has 0 bridgehead atoms. The molecule has 0 N–H and O–H groups in total. The quantitative estimate of drug-likeness (QED) is 0.236. The number of nitrogens with zero attached hydrogens (tertiary/aromatic N) is 1. The number of furan rings is 1. The zero-order valence-corrected chi connectivity index (χ0v) is 20.6. The molecule has 0 atom stereocenters. The van der Waals surface area contributed by atoms with Crippen molar-refractivity contribution in [3.05, 3.63) is 108 Å². The maximum Gasteiger partial charge on any atom is 0.329 e. The van der Waals surface area contributed by atoms with Crippen molar-refractivity contribution in [1.29, 1.82) is 0 Å². The highest BCUT2D eigenvalue weighted by molar-refractivity contribution is 6.88. The molecule has 170 valence electrons. The number of hydrogen-bond acceptors (Lipinski definition) is 1. The van der Waals surface area contributed by atoms with E-state index < -0.39 is 0 Å². The van der Waals surface area contributed by atoms with Gasteiger partial charge in [-0.1, -0.05) is 95.6 Å². The molecule has 8 rings (SSSR count). The molecule has 1 aliphatic rings. The topological polar surface area (TPSA) is 18.1 Å². The highest BCUT2D eigenvalue weighted by Gasteiger charge is 2.37. The van der Waals surface area contributed by atoms with E-state index in [9.17, 15) is 0 Å². The van der Waals surface area contributed by atoms with Gasteiger partial charge in [0, 0.05) is 43.7 Å². The second-order valence-corrected chi connectivity index (χ2v) is 10.3. The standard InChI is InChI=1S/C33H24BNO/c1-19-17-20(2)31(21(3)18-19)34-27-16-15-25-23-10-5-7-14-29(23)36-33(25)30(27)26-12-8-11-24-22-9-4-6-13-28(22)35(34)32(24)26/h4-18H,1-3H3. The van der Waals surface area contributed by atoms with E-state index in [0.29, 0.717) is 0 Å². The highest BCUT2D eigenvalue weighted by atomic mass is 16.3. The van der Waals surface area contributed by atoms with Crippen molar-refractivity contribution < 1.29 is 4.42 Å². The van der Waals surface area contributed by atoms with Gasteiger partial charge in [0.15, 0.2) is 0 Å². The van der Waals surface area contributed by atoms with E-state index in [1.165, 1.54) is 71.3 Å². The van der Waals surface area contributed by atoms with E-state index in [2.05, 4.69) is 116 Å². The zero-order chi connectivity index (χ0) is 24.1. The van der Waals surface area contributed by atoms with E-state index >= 15 is 0 Å². The number of aryl methyl sites for hydroxylation is 3. The van der Waals surface area contributed by atoms with Crippen LogP contribution >= 0.6 is 0 Å². The summed E-state index contributed by atoms with van der Waals surface area (Å²) in [7, 11) is 0. The summed E-state index contributed by atoms with van der Waals surface area (Å²) in [4.78, 5) is 0. The Morgan fingerprint density at radius 3 is 2.22 bits per heavy atom. The van der Waals surface area contributed by atoms with Gasteiger partial charge in [-0.25, -0.2) is 0 Å². The van der Waals surface area contributed by atoms with Gasteiger partial charge in [0.1, 0.15) is 11.2 Å². The van der Waals surface area contributed by atoms with Gasteiger partial charge in [0.05, 0.1) is 0 Å². The summed E-state index contributed by atoms with van der Waals surface area (Å²) in [5, 5.41) is 4.96. The summed E-state index contributed by atoms with van der Waals surface area (Å²) < 4.78 is 9.21. The second-order valence-electron chi connectivity index (χ2n) is 10.3. The lowest BCUT2D eigenvalue weighted by Crippen LogP contribution is -2.53. The first-order valence-electron chi connectivity index (χ1n) is 12.7. The average molecular weight is 461 g/mol. The summed E-state index contributed by atoms with van der Waals surface area (Å²) in [6, 6.07) is 33.2. The molecule has 0 amide bonds. The number of benzene rings is 5. The van der Waals surface area contributed by atoms with Crippen molar-refractivity contribution in [2.75, 3.05) is 0 Å². The summed E-state index contributed by atoms with van der Waals surface area (Å²) in [5.41, 5.74) is 13.6. The Labute approximate surface area is 209 Å². The zero-order valence-electron chi connectivity index (χ0n) is 20.6. The maximum atomic E-state index is 6.63. The minimum atomic E-state index is 0.0653. The van der Waals surface area contributed by atoms with Crippen molar-refractivity contribution in [1.82, 2.24) is 4.48 Å². The Morgan fingerprint density at radius 2 is 1.39 bits per heavy atom. The summed E-state index contributed by atoms with van der Waals surface area (Å²) in [6.45, 7) is 6.78. The van der Waals surface area contributed by atoms with Crippen molar-refractivity contribution in [3.8, 4) is 11.1 Å². The van der Waals surface area contributed by atoms with Crippen LogP contribution in [0.2, 0.25) is 0 Å². The van der Waals surface area contributed by atoms with Crippen LogP contribution in [0.15, 0.2) is 95.4 Å². The van der Waals surface area contributed by atoms with Gasteiger partial charge >= 0.3 is 6.85 Å². The molecule has 5 aromatic carbocycles. The van der Waals surface area contributed by atoms with Crippen LogP contribution in [0.3, 0.4) is 0 Å². The number of hydrogen-bond donors (Lipinski definition) is 0. The smallest absolute Gasteiger partial charge is 0.329 e. The third-order valence-electron chi connectivity index (χ3n) is 8.14. The minimum absolute atomic E-state index is 0.0653. The number of para-hydroxylation sites is 3. The molecule has 36 heavy (non-hydrogen) atoms.